The monoisotopic (exact) mass is 296 g/mol. The molecule has 0 aliphatic heterocycles. The molecule has 4 rings (SSSR count). The second-order valence-electron chi connectivity index (χ2n) is 5.45. The van der Waals surface area contributed by atoms with Crippen LogP contribution in [0.25, 0.3) is 21.5 Å². The van der Waals surface area contributed by atoms with E-state index in [2.05, 4.69) is 40.6 Å². The predicted molar refractivity (Wildman–Crippen MR) is 87.0 cm³/mol. The van der Waals surface area contributed by atoms with Crippen LogP contribution in [0.15, 0.2) is 18.2 Å². The lowest BCUT2D eigenvalue weighted by atomic mass is 10.0. The molecule has 0 saturated heterocycles. The lowest BCUT2D eigenvalue weighted by molar-refractivity contribution is 0.901. The third kappa shape index (κ3) is 2.00. The minimum absolute atomic E-state index is 0.856. The number of aromatic nitrogens is 3. The average molecular weight is 296 g/mol. The third-order valence-corrected chi connectivity index (χ3v) is 4.98. The molecule has 0 bridgehead atoms. The SMILES string of the molecule is CNc1nnc(-c2c3c(nc4ccc(C)cc24)CCC3)s1. The van der Waals surface area contributed by atoms with Gasteiger partial charge in [0.15, 0.2) is 5.01 Å². The maximum atomic E-state index is 4.85. The minimum Gasteiger partial charge on any atom is -0.363 e. The van der Waals surface area contributed by atoms with E-state index >= 15 is 0 Å². The van der Waals surface area contributed by atoms with Crippen LogP contribution in [0.5, 0.6) is 0 Å². The van der Waals surface area contributed by atoms with Gasteiger partial charge in [0.05, 0.1) is 5.52 Å². The largest absolute Gasteiger partial charge is 0.363 e. The van der Waals surface area contributed by atoms with Crippen LogP contribution in [0.4, 0.5) is 5.13 Å². The van der Waals surface area contributed by atoms with E-state index in [9.17, 15) is 0 Å². The highest BCUT2D eigenvalue weighted by molar-refractivity contribution is 7.18. The maximum absolute atomic E-state index is 4.85. The first-order chi connectivity index (χ1) is 10.3. The molecule has 2 heterocycles. The number of fused-ring (bicyclic) bond motifs is 2. The Balaban J connectivity index is 2.07. The van der Waals surface area contributed by atoms with E-state index in [1.807, 2.05) is 7.05 Å². The Hall–Kier alpha value is -2.01. The fraction of sp³-hybridized carbons (Fsp3) is 0.312. The van der Waals surface area contributed by atoms with Crippen LogP contribution in [0.3, 0.4) is 0 Å². The molecule has 0 atom stereocenters. The van der Waals surface area contributed by atoms with Crippen LogP contribution in [-0.4, -0.2) is 22.2 Å². The van der Waals surface area contributed by atoms with Gasteiger partial charge in [0, 0.05) is 23.7 Å². The highest BCUT2D eigenvalue weighted by atomic mass is 32.1. The summed E-state index contributed by atoms with van der Waals surface area (Å²) in [5.74, 6) is 0. The van der Waals surface area contributed by atoms with Crippen LogP contribution in [0.2, 0.25) is 0 Å². The van der Waals surface area contributed by atoms with E-state index in [-0.39, 0.29) is 0 Å². The van der Waals surface area contributed by atoms with Crippen LogP contribution in [0.1, 0.15) is 23.2 Å². The third-order valence-electron chi connectivity index (χ3n) is 4.02. The number of pyridine rings is 1. The van der Waals surface area contributed by atoms with Crippen molar-refractivity contribution in [3.8, 4) is 10.6 Å². The molecule has 0 amide bonds. The molecular formula is C16H16N4S. The molecule has 1 N–H and O–H groups in total. The Morgan fingerprint density at radius 3 is 2.90 bits per heavy atom. The molecule has 3 aromatic rings. The van der Waals surface area contributed by atoms with Crippen molar-refractivity contribution in [3.63, 3.8) is 0 Å². The number of aryl methyl sites for hydroxylation is 2. The van der Waals surface area contributed by atoms with Crippen molar-refractivity contribution >= 4 is 27.4 Å². The fourth-order valence-corrected chi connectivity index (χ4v) is 3.83. The van der Waals surface area contributed by atoms with Crippen molar-refractivity contribution in [1.82, 2.24) is 15.2 Å². The van der Waals surface area contributed by atoms with E-state index in [1.54, 1.807) is 11.3 Å². The molecule has 1 aromatic carbocycles. The number of benzene rings is 1. The van der Waals surface area contributed by atoms with Gasteiger partial charge in [-0.05, 0) is 43.9 Å². The maximum Gasteiger partial charge on any atom is 0.205 e. The number of hydrogen-bond acceptors (Lipinski definition) is 5. The minimum atomic E-state index is 0.856. The summed E-state index contributed by atoms with van der Waals surface area (Å²) in [5.41, 5.74) is 6.17. The van der Waals surface area contributed by atoms with E-state index in [1.165, 1.54) is 34.2 Å². The summed E-state index contributed by atoms with van der Waals surface area (Å²) in [6, 6.07) is 6.46. The van der Waals surface area contributed by atoms with Crippen molar-refractivity contribution in [1.29, 1.82) is 0 Å². The highest BCUT2D eigenvalue weighted by Crippen LogP contribution is 2.39. The molecule has 4 nitrogen and oxygen atoms in total. The number of nitrogens with one attached hydrogen (secondary N) is 1. The Morgan fingerprint density at radius 2 is 2.10 bits per heavy atom. The number of anilines is 1. The molecule has 0 unspecified atom stereocenters. The van der Waals surface area contributed by atoms with E-state index in [4.69, 9.17) is 4.98 Å². The molecule has 5 heteroatoms. The van der Waals surface area contributed by atoms with Crippen LogP contribution in [-0.2, 0) is 12.8 Å². The average Bonchev–Trinajstić information content (AvgIpc) is 3.13. The van der Waals surface area contributed by atoms with Gasteiger partial charge in [0.1, 0.15) is 0 Å². The van der Waals surface area contributed by atoms with Crippen molar-refractivity contribution in [3.05, 3.63) is 35.0 Å². The molecule has 0 saturated carbocycles. The molecule has 106 valence electrons. The number of rotatable bonds is 2. The quantitative estimate of drug-likeness (QED) is 0.785. The van der Waals surface area contributed by atoms with Gasteiger partial charge in [0.2, 0.25) is 5.13 Å². The number of nitrogens with zero attached hydrogens (tertiary/aromatic N) is 3. The Labute approximate surface area is 127 Å². The molecule has 0 spiro atoms. The zero-order chi connectivity index (χ0) is 14.4. The van der Waals surface area contributed by atoms with Crippen LogP contribution in [0, 0.1) is 6.92 Å². The van der Waals surface area contributed by atoms with Gasteiger partial charge in [-0.25, -0.2) is 0 Å². The van der Waals surface area contributed by atoms with Gasteiger partial charge in [0.25, 0.3) is 0 Å². The van der Waals surface area contributed by atoms with Crippen molar-refractivity contribution < 1.29 is 0 Å². The zero-order valence-corrected chi connectivity index (χ0v) is 12.9. The summed E-state index contributed by atoms with van der Waals surface area (Å²) < 4.78 is 0. The summed E-state index contributed by atoms with van der Waals surface area (Å²) in [4.78, 5) is 4.85. The summed E-state index contributed by atoms with van der Waals surface area (Å²) in [6.07, 6.45) is 3.35. The standard InChI is InChI=1S/C16H16N4S/c1-9-6-7-13-11(8-9)14(10-4-3-5-12(10)18-13)15-19-20-16(17-2)21-15/h6-8H,3-5H2,1-2H3,(H,17,20). The fourth-order valence-electron chi connectivity index (χ4n) is 3.05. The number of hydrogen-bond donors (Lipinski definition) is 1. The summed E-state index contributed by atoms with van der Waals surface area (Å²) in [7, 11) is 1.88. The summed E-state index contributed by atoms with van der Waals surface area (Å²) in [5, 5.41) is 14.7. The smallest absolute Gasteiger partial charge is 0.205 e. The molecule has 21 heavy (non-hydrogen) atoms. The molecule has 0 radical (unpaired) electrons. The lowest BCUT2D eigenvalue weighted by Crippen LogP contribution is -1.95. The summed E-state index contributed by atoms with van der Waals surface area (Å²) >= 11 is 1.61. The lowest BCUT2D eigenvalue weighted by Gasteiger charge is -2.10. The molecule has 0 fully saturated rings. The Bertz CT molecular complexity index is 838. The second kappa shape index (κ2) is 4.77. The highest BCUT2D eigenvalue weighted by Gasteiger charge is 2.22. The first kappa shape index (κ1) is 12.7. The molecule has 1 aliphatic carbocycles. The normalized spacial score (nSPS) is 13.6. The molecule has 1 aliphatic rings. The van der Waals surface area contributed by atoms with E-state index < -0.39 is 0 Å². The van der Waals surface area contributed by atoms with Crippen molar-refractivity contribution in [2.75, 3.05) is 12.4 Å². The predicted octanol–water partition coefficient (Wildman–Crippen LogP) is 3.59. The second-order valence-corrected chi connectivity index (χ2v) is 6.43. The Kier molecular flexibility index (Phi) is 2.89. The van der Waals surface area contributed by atoms with Crippen LogP contribution < -0.4 is 5.32 Å². The first-order valence-corrected chi connectivity index (χ1v) is 8.01. The van der Waals surface area contributed by atoms with Crippen molar-refractivity contribution in [2.45, 2.75) is 26.2 Å². The van der Waals surface area contributed by atoms with Gasteiger partial charge in [-0.2, -0.15) is 0 Å². The van der Waals surface area contributed by atoms with E-state index in [0.29, 0.717) is 0 Å². The topological polar surface area (TPSA) is 50.7 Å². The summed E-state index contributed by atoms with van der Waals surface area (Å²) in [6.45, 7) is 2.12. The zero-order valence-electron chi connectivity index (χ0n) is 12.1. The van der Waals surface area contributed by atoms with Gasteiger partial charge < -0.3 is 5.32 Å². The van der Waals surface area contributed by atoms with Gasteiger partial charge in [-0.1, -0.05) is 23.0 Å². The molecular weight excluding hydrogens is 280 g/mol. The van der Waals surface area contributed by atoms with E-state index in [0.717, 1.165) is 28.5 Å². The molecule has 2 aromatic heterocycles. The van der Waals surface area contributed by atoms with Gasteiger partial charge in [-0.15, -0.1) is 10.2 Å². The first-order valence-electron chi connectivity index (χ1n) is 7.20. The van der Waals surface area contributed by atoms with Crippen LogP contribution >= 0.6 is 11.3 Å². The van der Waals surface area contributed by atoms with Gasteiger partial charge >= 0.3 is 0 Å². The Morgan fingerprint density at radius 1 is 1.19 bits per heavy atom. The van der Waals surface area contributed by atoms with Crippen molar-refractivity contribution in [2.24, 2.45) is 0 Å². The van der Waals surface area contributed by atoms with Gasteiger partial charge in [-0.3, -0.25) is 4.98 Å².